The Labute approximate surface area is 155 Å². The van der Waals surface area contributed by atoms with E-state index in [1.807, 2.05) is 24.3 Å². The van der Waals surface area contributed by atoms with Crippen molar-refractivity contribution in [3.8, 4) is 5.75 Å². The summed E-state index contributed by atoms with van der Waals surface area (Å²) >= 11 is 0. The maximum absolute atomic E-state index is 12.0. The largest absolute Gasteiger partial charge is 0.497 e. The van der Waals surface area contributed by atoms with Crippen LogP contribution in [0, 0.1) is 0 Å². The van der Waals surface area contributed by atoms with Crippen LogP contribution in [0.4, 0.5) is 0 Å². The highest BCUT2D eigenvalue weighted by molar-refractivity contribution is 5.91. The second-order valence-electron chi connectivity index (χ2n) is 6.63. The summed E-state index contributed by atoms with van der Waals surface area (Å²) < 4.78 is 5.18. The van der Waals surface area contributed by atoms with Crippen LogP contribution in [0.2, 0.25) is 0 Å². The van der Waals surface area contributed by atoms with Crippen molar-refractivity contribution in [3.63, 3.8) is 0 Å². The Kier molecular flexibility index (Phi) is 6.45. The molecule has 0 unspecified atom stereocenters. The molecule has 3 rings (SSSR count). The molecule has 136 valence electrons. The fraction of sp³-hybridized carbons (Fsp3) is 0.318. The highest BCUT2D eigenvalue weighted by atomic mass is 16.5. The molecule has 1 amide bonds. The van der Waals surface area contributed by atoms with Gasteiger partial charge in [-0.1, -0.05) is 36.4 Å². The molecule has 1 N–H and O–H groups in total. The second kappa shape index (κ2) is 9.20. The van der Waals surface area contributed by atoms with Gasteiger partial charge < -0.3 is 10.1 Å². The number of ether oxygens (including phenoxy) is 1. The molecule has 2 aromatic carbocycles. The van der Waals surface area contributed by atoms with E-state index in [0.29, 0.717) is 6.54 Å². The molecule has 0 aliphatic carbocycles. The average molecular weight is 350 g/mol. The standard InChI is InChI=1S/C22H26N2O2/c1-26-21-6-4-5-18(15-21)11-12-22(25)23-16-19-7-9-20(10-8-19)17-24-13-2-3-14-24/h4-12,15H,2-3,13-14,16-17H2,1H3,(H,23,25)/b12-11+. The lowest BCUT2D eigenvalue weighted by molar-refractivity contribution is -0.116. The van der Waals surface area contributed by atoms with Crippen molar-refractivity contribution >= 4 is 12.0 Å². The van der Waals surface area contributed by atoms with Crippen molar-refractivity contribution in [3.05, 3.63) is 71.3 Å². The molecule has 0 aromatic heterocycles. The van der Waals surface area contributed by atoms with Gasteiger partial charge in [0.05, 0.1) is 7.11 Å². The van der Waals surface area contributed by atoms with Crippen LogP contribution in [-0.4, -0.2) is 31.0 Å². The lowest BCUT2D eigenvalue weighted by Crippen LogP contribution is -2.20. The number of carbonyl (C=O) groups excluding carboxylic acids is 1. The van der Waals surface area contributed by atoms with E-state index in [9.17, 15) is 4.79 Å². The Bertz CT molecular complexity index is 747. The lowest BCUT2D eigenvalue weighted by Gasteiger charge is -2.14. The van der Waals surface area contributed by atoms with E-state index >= 15 is 0 Å². The van der Waals surface area contributed by atoms with Gasteiger partial charge in [-0.15, -0.1) is 0 Å². The van der Waals surface area contributed by atoms with Crippen LogP contribution in [0.3, 0.4) is 0 Å². The summed E-state index contributed by atoms with van der Waals surface area (Å²) in [6.07, 6.45) is 5.97. The molecule has 1 heterocycles. The number of amides is 1. The normalized spacial score (nSPS) is 14.7. The van der Waals surface area contributed by atoms with Crippen LogP contribution < -0.4 is 10.1 Å². The number of benzene rings is 2. The summed E-state index contributed by atoms with van der Waals surface area (Å²) in [5, 5.41) is 2.92. The Hall–Kier alpha value is -2.59. The van der Waals surface area contributed by atoms with Gasteiger partial charge in [-0.05, 0) is 60.8 Å². The molecule has 1 saturated heterocycles. The van der Waals surface area contributed by atoms with Gasteiger partial charge in [0.25, 0.3) is 0 Å². The molecule has 0 atom stereocenters. The molecule has 1 aliphatic heterocycles. The predicted molar refractivity (Wildman–Crippen MR) is 105 cm³/mol. The molecule has 0 saturated carbocycles. The van der Waals surface area contributed by atoms with Gasteiger partial charge in [0.1, 0.15) is 5.75 Å². The predicted octanol–water partition coefficient (Wildman–Crippen LogP) is 3.62. The zero-order chi connectivity index (χ0) is 18.2. The number of hydrogen-bond donors (Lipinski definition) is 1. The van der Waals surface area contributed by atoms with E-state index in [0.717, 1.165) is 23.4 Å². The summed E-state index contributed by atoms with van der Waals surface area (Å²) in [6.45, 7) is 3.97. The number of nitrogens with one attached hydrogen (secondary N) is 1. The molecular formula is C22H26N2O2. The van der Waals surface area contributed by atoms with E-state index in [1.54, 1.807) is 19.3 Å². The maximum atomic E-state index is 12.0. The molecule has 2 aromatic rings. The van der Waals surface area contributed by atoms with Crippen molar-refractivity contribution < 1.29 is 9.53 Å². The summed E-state index contributed by atoms with van der Waals surface area (Å²) in [7, 11) is 1.63. The Balaban J connectivity index is 1.46. The number of methoxy groups -OCH3 is 1. The van der Waals surface area contributed by atoms with E-state index in [4.69, 9.17) is 4.74 Å². The highest BCUT2D eigenvalue weighted by Gasteiger charge is 2.11. The number of nitrogens with zero attached hydrogens (tertiary/aromatic N) is 1. The molecule has 4 heteroatoms. The van der Waals surface area contributed by atoms with Crippen LogP contribution in [0.15, 0.2) is 54.6 Å². The first kappa shape index (κ1) is 18.2. The number of likely N-dealkylation sites (tertiary alicyclic amines) is 1. The molecule has 0 spiro atoms. The fourth-order valence-corrected chi connectivity index (χ4v) is 3.13. The van der Waals surface area contributed by atoms with Crippen LogP contribution in [0.5, 0.6) is 5.75 Å². The summed E-state index contributed by atoms with van der Waals surface area (Å²) in [6, 6.07) is 16.1. The first-order valence-electron chi connectivity index (χ1n) is 9.13. The Morgan fingerprint density at radius 1 is 1.12 bits per heavy atom. The summed E-state index contributed by atoms with van der Waals surface area (Å²) in [5.41, 5.74) is 3.38. The third-order valence-corrected chi connectivity index (χ3v) is 4.62. The summed E-state index contributed by atoms with van der Waals surface area (Å²) in [5.74, 6) is 0.676. The van der Waals surface area contributed by atoms with Gasteiger partial charge >= 0.3 is 0 Å². The third kappa shape index (κ3) is 5.46. The second-order valence-corrected chi connectivity index (χ2v) is 6.63. The lowest BCUT2D eigenvalue weighted by atomic mass is 10.1. The third-order valence-electron chi connectivity index (χ3n) is 4.62. The van der Waals surface area contributed by atoms with Gasteiger partial charge in [0.15, 0.2) is 0 Å². The van der Waals surface area contributed by atoms with Crippen molar-refractivity contribution in [2.45, 2.75) is 25.9 Å². The molecule has 0 bridgehead atoms. The zero-order valence-electron chi connectivity index (χ0n) is 15.3. The van der Waals surface area contributed by atoms with Gasteiger partial charge in [-0.25, -0.2) is 0 Å². The first-order valence-corrected chi connectivity index (χ1v) is 9.13. The Morgan fingerprint density at radius 2 is 1.85 bits per heavy atom. The van der Waals surface area contributed by atoms with Crippen LogP contribution in [-0.2, 0) is 17.9 Å². The van der Waals surface area contributed by atoms with Crippen LogP contribution in [0.1, 0.15) is 29.5 Å². The monoisotopic (exact) mass is 350 g/mol. The van der Waals surface area contributed by atoms with Gasteiger partial charge in [-0.2, -0.15) is 0 Å². The molecule has 0 radical (unpaired) electrons. The van der Waals surface area contributed by atoms with Crippen molar-refractivity contribution in [1.82, 2.24) is 10.2 Å². The SMILES string of the molecule is COc1cccc(/C=C/C(=O)NCc2ccc(CN3CCCC3)cc2)c1. The number of hydrogen-bond acceptors (Lipinski definition) is 3. The number of carbonyl (C=O) groups is 1. The Morgan fingerprint density at radius 3 is 2.58 bits per heavy atom. The topological polar surface area (TPSA) is 41.6 Å². The minimum absolute atomic E-state index is 0.103. The van der Waals surface area contributed by atoms with Crippen molar-refractivity contribution in [1.29, 1.82) is 0 Å². The van der Waals surface area contributed by atoms with Crippen molar-refractivity contribution in [2.24, 2.45) is 0 Å². The first-order chi connectivity index (χ1) is 12.7. The molecule has 1 fully saturated rings. The van der Waals surface area contributed by atoms with Gasteiger partial charge in [0, 0.05) is 19.2 Å². The molecule has 4 nitrogen and oxygen atoms in total. The minimum Gasteiger partial charge on any atom is -0.497 e. The highest BCUT2D eigenvalue weighted by Crippen LogP contribution is 2.14. The molecule has 26 heavy (non-hydrogen) atoms. The molecule has 1 aliphatic rings. The fourth-order valence-electron chi connectivity index (χ4n) is 3.13. The van der Waals surface area contributed by atoms with Crippen molar-refractivity contribution in [2.75, 3.05) is 20.2 Å². The number of rotatable bonds is 7. The average Bonchev–Trinajstić information content (AvgIpc) is 3.19. The van der Waals surface area contributed by atoms with E-state index in [2.05, 4.69) is 34.5 Å². The maximum Gasteiger partial charge on any atom is 0.244 e. The summed E-state index contributed by atoms with van der Waals surface area (Å²) in [4.78, 5) is 14.5. The van der Waals surface area contributed by atoms with E-state index < -0.39 is 0 Å². The van der Waals surface area contributed by atoms with E-state index in [-0.39, 0.29) is 5.91 Å². The quantitative estimate of drug-likeness (QED) is 0.776. The zero-order valence-corrected chi connectivity index (χ0v) is 15.3. The minimum atomic E-state index is -0.103. The van der Waals surface area contributed by atoms with Gasteiger partial charge in [-0.3, -0.25) is 9.69 Å². The van der Waals surface area contributed by atoms with Gasteiger partial charge in [0.2, 0.25) is 5.91 Å². The van der Waals surface area contributed by atoms with E-state index in [1.165, 1.54) is 31.5 Å². The molecular weight excluding hydrogens is 324 g/mol. The smallest absolute Gasteiger partial charge is 0.244 e. The van der Waals surface area contributed by atoms with Crippen LogP contribution >= 0.6 is 0 Å². The van der Waals surface area contributed by atoms with Crippen LogP contribution in [0.25, 0.3) is 6.08 Å².